The molecular formula is C16H27Cl2N3O2. The van der Waals surface area contributed by atoms with E-state index in [0.717, 1.165) is 24.9 Å². The molecule has 1 fully saturated rings. The number of ether oxygens (including phenoxy) is 1. The van der Waals surface area contributed by atoms with Gasteiger partial charge in [0.1, 0.15) is 6.10 Å². The summed E-state index contributed by atoms with van der Waals surface area (Å²) < 4.78 is 5.61. The van der Waals surface area contributed by atoms with Gasteiger partial charge in [-0.15, -0.1) is 24.8 Å². The first-order chi connectivity index (χ1) is 10.1. The third-order valence-electron chi connectivity index (χ3n) is 3.72. The Morgan fingerprint density at radius 3 is 2.48 bits per heavy atom. The van der Waals surface area contributed by atoms with Crippen LogP contribution in [0.15, 0.2) is 24.3 Å². The van der Waals surface area contributed by atoms with Gasteiger partial charge in [0.2, 0.25) is 5.91 Å². The van der Waals surface area contributed by atoms with Gasteiger partial charge in [0.05, 0.1) is 6.10 Å². The summed E-state index contributed by atoms with van der Waals surface area (Å²) in [5.74, 6) is -0.0365. The Morgan fingerprint density at radius 1 is 1.26 bits per heavy atom. The zero-order chi connectivity index (χ0) is 15.2. The highest BCUT2D eigenvalue weighted by atomic mass is 35.5. The summed E-state index contributed by atoms with van der Waals surface area (Å²) in [6.07, 6.45) is 1.31. The van der Waals surface area contributed by atoms with E-state index in [1.54, 1.807) is 0 Å². The van der Waals surface area contributed by atoms with Crippen molar-refractivity contribution in [3.05, 3.63) is 35.4 Å². The summed E-state index contributed by atoms with van der Waals surface area (Å²) in [6, 6.07) is 8.17. The van der Waals surface area contributed by atoms with E-state index in [2.05, 4.69) is 22.3 Å². The molecule has 0 spiro atoms. The molecule has 0 saturated carbocycles. The maximum atomic E-state index is 12.1. The molecule has 0 aromatic heterocycles. The van der Waals surface area contributed by atoms with Crippen molar-refractivity contribution in [3.63, 3.8) is 0 Å². The average Bonchev–Trinajstić information content (AvgIpc) is 2.94. The molecule has 1 saturated heterocycles. The molecule has 1 aliphatic heterocycles. The second-order valence-electron chi connectivity index (χ2n) is 5.78. The van der Waals surface area contributed by atoms with Crippen LogP contribution in [0.3, 0.4) is 0 Å². The summed E-state index contributed by atoms with van der Waals surface area (Å²) in [6.45, 7) is 1.88. The number of nitrogens with two attached hydrogens (primary N) is 1. The minimum Gasteiger partial charge on any atom is -0.364 e. The van der Waals surface area contributed by atoms with Gasteiger partial charge < -0.3 is 20.7 Å². The maximum Gasteiger partial charge on any atom is 0.249 e. The van der Waals surface area contributed by atoms with Gasteiger partial charge in [0.25, 0.3) is 0 Å². The predicted octanol–water partition coefficient (Wildman–Crippen LogP) is 1.71. The van der Waals surface area contributed by atoms with Crippen LogP contribution >= 0.6 is 24.8 Å². The lowest BCUT2D eigenvalue weighted by Crippen LogP contribution is -2.35. The monoisotopic (exact) mass is 363 g/mol. The Balaban J connectivity index is 0.00000242. The fourth-order valence-corrected chi connectivity index (χ4v) is 2.59. The summed E-state index contributed by atoms with van der Waals surface area (Å²) in [7, 11) is 4.07. The fourth-order valence-electron chi connectivity index (χ4n) is 2.59. The van der Waals surface area contributed by atoms with Crippen LogP contribution in [-0.4, -0.2) is 43.7 Å². The van der Waals surface area contributed by atoms with Crippen molar-refractivity contribution in [3.8, 4) is 0 Å². The number of benzene rings is 1. The first-order valence-corrected chi connectivity index (χ1v) is 7.45. The molecule has 1 aliphatic rings. The van der Waals surface area contributed by atoms with Crippen molar-refractivity contribution in [1.82, 2.24) is 10.2 Å². The second kappa shape index (κ2) is 10.8. The van der Waals surface area contributed by atoms with Gasteiger partial charge in [-0.05, 0) is 38.1 Å². The van der Waals surface area contributed by atoms with Crippen LogP contribution in [0.2, 0.25) is 0 Å². The SMILES string of the molecule is CN(C)Cc1ccccc1CNC(=O)[C@@H]1CC[C@H](CN)O1.Cl.Cl. The van der Waals surface area contributed by atoms with E-state index in [0.29, 0.717) is 13.1 Å². The number of nitrogens with one attached hydrogen (secondary N) is 1. The molecule has 2 rings (SSSR count). The maximum absolute atomic E-state index is 12.1. The number of nitrogens with zero attached hydrogens (tertiary/aromatic N) is 1. The average molecular weight is 364 g/mol. The molecular weight excluding hydrogens is 337 g/mol. The van der Waals surface area contributed by atoms with E-state index >= 15 is 0 Å². The molecule has 0 aliphatic carbocycles. The van der Waals surface area contributed by atoms with Crippen LogP contribution in [0.5, 0.6) is 0 Å². The van der Waals surface area contributed by atoms with Crippen LogP contribution in [0.4, 0.5) is 0 Å². The third-order valence-corrected chi connectivity index (χ3v) is 3.72. The Hall–Kier alpha value is -0.850. The molecule has 0 bridgehead atoms. The van der Waals surface area contributed by atoms with Crippen molar-refractivity contribution < 1.29 is 9.53 Å². The smallest absolute Gasteiger partial charge is 0.249 e. The normalized spacial score (nSPS) is 19.8. The van der Waals surface area contributed by atoms with Crippen molar-refractivity contribution in [2.24, 2.45) is 5.73 Å². The molecule has 7 heteroatoms. The van der Waals surface area contributed by atoms with Crippen molar-refractivity contribution in [2.45, 2.75) is 38.1 Å². The topological polar surface area (TPSA) is 67.6 Å². The standard InChI is InChI=1S/C16H25N3O2.2ClH/c1-19(2)11-13-6-4-3-5-12(13)10-18-16(20)15-8-7-14(9-17)21-15;;/h3-6,14-15H,7-11,17H2,1-2H3,(H,18,20);2*1H/t14-,15+;;/m1../s1. The number of rotatable bonds is 6. The highest BCUT2D eigenvalue weighted by molar-refractivity contribution is 5.85. The lowest BCUT2D eigenvalue weighted by atomic mass is 10.1. The number of halogens is 2. The quantitative estimate of drug-likeness (QED) is 0.807. The molecule has 1 heterocycles. The van der Waals surface area contributed by atoms with Gasteiger partial charge in [-0.2, -0.15) is 0 Å². The number of carbonyl (C=O) groups excluding carboxylic acids is 1. The Kier molecular flexibility index (Phi) is 10.4. The number of carbonyl (C=O) groups is 1. The summed E-state index contributed by atoms with van der Waals surface area (Å²) in [4.78, 5) is 14.2. The number of amides is 1. The Labute approximate surface area is 150 Å². The van der Waals surface area contributed by atoms with Gasteiger partial charge in [0, 0.05) is 19.6 Å². The zero-order valence-corrected chi connectivity index (χ0v) is 15.3. The molecule has 2 atom stereocenters. The zero-order valence-electron chi connectivity index (χ0n) is 13.7. The summed E-state index contributed by atoms with van der Waals surface area (Å²) in [5, 5.41) is 2.98. The minimum absolute atomic E-state index is 0. The molecule has 0 unspecified atom stereocenters. The largest absolute Gasteiger partial charge is 0.364 e. The van der Waals surface area contributed by atoms with E-state index < -0.39 is 0 Å². The number of hydrogen-bond acceptors (Lipinski definition) is 4. The predicted molar refractivity (Wildman–Crippen MR) is 97.1 cm³/mol. The molecule has 0 radical (unpaired) electrons. The number of hydrogen-bond donors (Lipinski definition) is 2. The first kappa shape index (κ1) is 22.1. The van der Waals surface area contributed by atoms with Gasteiger partial charge >= 0.3 is 0 Å². The van der Waals surface area contributed by atoms with E-state index in [-0.39, 0.29) is 42.9 Å². The van der Waals surface area contributed by atoms with Gasteiger partial charge in [0.15, 0.2) is 0 Å². The van der Waals surface area contributed by atoms with Gasteiger partial charge in [-0.1, -0.05) is 24.3 Å². The Bertz CT molecular complexity index is 486. The van der Waals surface area contributed by atoms with Crippen LogP contribution in [0, 0.1) is 0 Å². The Morgan fingerprint density at radius 2 is 1.91 bits per heavy atom. The van der Waals surface area contributed by atoms with Crippen LogP contribution in [-0.2, 0) is 22.6 Å². The van der Waals surface area contributed by atoms with Crippen molar-refractivity contribution in [2.75, 3.05) is 20.6 Å². The highest BCUT2D eigenvalue weighted by Crippen LogP contribution is 2.19. The molecule has 23 heavy (non-hydrogen) atoms. The van der Waals surface area contributed by atoms with Gasteiger partial charge in [-0.3, -0.25) is 4.79 Å². The van der Waals surface area contributed by atoms with Crippen LogP contribution in [0.25, 0.3) is 0 Å². The fraction of sp³-hybridized carbons (Fsp3) is 0.562. The molecule has 1 aromatic carbocycles. The molecule has 132 valence electrons. The second-order valence-corrected chi connectivity index (χ2v) is 5.78. The van der Waals surface area contributed by atoms with E-state index in [9.17, 15) is 4.79 Å². The molecule has 1 amide bonds. The first-order valence-electron chi connectivity index (χ1n) is 7.45. The van der Waals surface area contributed by atoms with E-state index in [1.807, 2.05) is 26.2 Å². The van der Waals surface area contributed by atoms with Crippen LogP contribution < -0.4 is 11.1 Å². The lowest BCUT2D eigenvalue weighted by Gasteiger charge is -2.16. The highest BCUT2D eigenvalue weighted by Gasteiger charge is 2.29. The minimum atomic E-state index is -0.348. The molecule has 1 aromatic rings. The van der Waals surface area contributed by atoms with Crippen molar-refractivity contribution >= 4 is 30.7 Å². The van der Waals surface area contributed by atoms with E-state index in [4.69, 9.17) is 10.5 Å². The third kappa shape index (κ3) is 6.65. The van der Waals surface area contributed by atoms with E-state index in [1.165, 1.54) is 5.56 Å². The van der Waals surface area contributed by atoms with Crippen LogP contribution in [0.1, 0.15) is 24.0 Å². The van der Waals surface area contributed by atoms with Crippen molar-refractivity contribution in [1.29, 1.82) is 0 Å². The molecule has 3 N–H and O–H groups in total. The summed E-state index contributed by atoms with van der Waals surface area (Å²) >= 11 is 0. The van der Waals surface area contributed by atoms with Gasteiger partial charge in [-0.25, -0.2) is 0 Å². The molecule has 5 nitrogen and oxygen atoms in total. The lowest BCUT2D eigenvalue weighted by molar-refractivity contribution is -0.132. The summed E-state index contributed by atoms with van der Waals surface area (Å²) in [5.41, 5.74) is 7.94.